The van der Waals surface area contributed by atoms with E-state index in [4.69, 9.17) is 9.47 Å². The van der Waals surface area contributed by atoms with Gasteiger partial charge < -0.3 is 19.9 Å². The van der Waals surface area contributed by atoms with Crippen molar-refractivity contribution in [3.8, 4) is 22.6 Å². The molecule has 1 amide bonds. The number of benzene rings is 4. The molecule has 0 aliphatic heterocycles. The molecule has 0 fully saturated rings. The van der Waals surface area contributed by atoms with Gasteiger partial charge in [-0.1, -0.05) is 42.5 Å². The van der Waals surface area contributed by atoms with Crippen LogP contribution in [0.25, 0.3) is 21.2 Å². The Hall–Kier alpha value is -4.69. The Bertz CT molecular complexity index is 1630. The SMILES string of the molecule is COc1ccc(-c2ccc3sc(C(=O)N[C@@H](Cc4ccc(OCc5ccc(F)cc5)cc4)C(=O)O)cc3c2)cc1. The first-order valence-electron chi connectivity index (χ1n) is 12.6. The minimum absolute atomic E-state index is 0.117. The number of rotatable bonds is 10. The van der Waals surface area contributed by atoms with Crippen LogP contribution in [-0.2, 0) is 17.8 Å². The van der Waals surface area contributed by atoms with Gasteiger partial charge in [-0.15, -0.1) is 11.3 Å². The number of methoxy groups -OCH3 is 1. The number of halogens is 1. The van der Waals surface area contributed by atoms with E-state index in [1.165, 1.54) is 23.5 Å². The number of carboxylic acids is 1. The zero-order valence-electron chi connectivity index (χ0n) is 21.6. The van der Waals surface area contributed by atoms with Crippen molar-refractivity contribution < 1.29 is 28.6 Å². The van der Waals surface area contributed by atoms with E-state index >= 15 is 0 Å². The van der Waals surface area contributed by atoms with Crippen LogP contribution < -0.4 is 14.8 Å². The molecule has 0 bridgehead atoms. The lowest BCUT2D eigenvalue weighted by Crippen LogP contribution is -2.42. The minimum atomic E-state index is -1.12. The van der Waals surface area contributed by atoms with Crippen molar-refractivity contribution in [2.75, 3.05) is 7.11 Å². The lowest BCUT2D eigenvalue weighted by atomic mass is 10.0. The summed E-state index contributed by atoms with van der Waals surface area (Å²) in [5, 5.41) is 13.4. The fraction of sp³-hybridized carbons (Fsp3) is 0.125. The summed E-state index contributed by atoms with van der Waals surface area (Å²) in [6.45, 7) is 0.282. The number of hydrogen-bond donors (Lipinski definition) is 2. The second-order valence-electron chi connectivity index (χ2n) is 9.22. The van der Waals surface area contributed by atoms with Crippen LogP contribution in [0.3, 0.4) is 0 Å². The van der Waals surface area contributed by atoms with Gasteiger partial charge >= 0.3 is 5.97 Å². The van der Waals surface area contributed by atoms with Gasteiger partial charge in [0.25, 0.3) is 5.91 Å². The molecule has 6 nitrogen and oxygen atoms in total. The monoisotopic (exact) mass is 555 g/mol. The average molecular weight is 556 g/mol. The molecule has 1 atom stereocenters. The van der Waals surface area contributed by atoms with Gasteiger partial charge in [0.2, 0.25) is 0 Å². The number of nitrogens with one attached hydrogen (secondary N) is 1. The zero-order chi connectivity index (χ0) is 28.1. The largest absolute Gasteiger partial charge is 0.497 e. The standard InChI is InChI=1S/C32H26FNO5S/c1-38-26-13-6-22(7-14-26)23-8-15-29-24(17-23)18-30(40-29)31(35)34-28(32(36)37)16-20-4-11-27(12-5-20)39-19-21-2-9-25(33)10-3-21/h2-15,17-18,28H,16,19H2,1H3,(H,34,35)(H,36,37)/t28-/m0/s1. The maximum absolute atomic E-state index is 13.1. The van der Waals surface area contributed by atoms with Crippen LogP contribution >= 0.6 is 11.3 Å². The Morgan fingerprint density at radius 3 is 2.17 bits per heavy atom. The average Bonchev–Trinajstić information content (AvgIpc) is 3.41. The normalized spacial score (nSPS) is 11.7. The molecule has 0 aliphatic rings. The number of aliphatic carboxylic acids is 1. The molecule has 5 rings (SSSR count). The molecular formula is C32H26FNO5S. The van der Waals surface area contributed by atoms with E-state index in [-0.39, 0.29) is 18.8 Å². The van der Waals surface area contributed by atoms with Crippen LogP contribution in [0.4, 0.5) is 4.39 Å². The van der Waals surface area contributed by atoms with Crippen LogP contribution in [0.15, 0.2) is 97.1 Å². The molecule has 5 aromatic rings. The predicted octanol–water partition coefficient (Wildman–Crippen LogP) is 6.72. The Balaban J connectivity index is 1.23. The molecule has 40 heavy (non-hydrogen) atoms. The predicted molar refractivity (Wildman–Crippen MR) is 154 cm³/mol. The van der Waals surface area contributed by atoms with Crippen LogP contribution in [0, 0.1) is 5.82 Å². The summed E-state index contributed by atoms with van der Waals surface area (Å²) in [6.07, 6.45) is 0.117. The van der Waals surface area contributed by atoms with Crippen LogP contribution in [0.1, 0.15) is 20.8 Å². The highest BCUT2D eigenvalue weighted by molar-refractivity contribution is 7.20. The number of fused-ring (bicyclic) bond motifs is 1. The van der Waals surface area contributed by atoms with Gasteiger partial charge in [0.15, 0.2) is 0 Å². The van der Waals surface area contributed by atoms with Crippen molar-refractivity contribution in [3.63, 3.8) is 0 Å². The number of ether oxygens (including phenoxy) is 2. The molecule has 1 aromatic heterocycles. The summed E-state index contributed by atoms with van der Waals surface area (Å²) in [4.78, 5) is 25.4. The molecule has 0 saturated heterocycles. The van der Waals surface area contributed by atoms with E-state index in [2.05, 4.69) is 5.32 Å². The summed E-state index contributed by atoms with van der Waals surface area (Å²) in [7, 11) is 1.62. The quantitative estimate of drug-likeness (QED) is 0.200. The van der Waals surface area contributed by atoms with E-state index in [0.717, 1.165) is 38.1 Å². The van der Waals surface area contributed by atoms with Crippen molar-refractivity contribution in [1.82, 2.24) is 5.32 Å². The van der Waals surface area contributed by atoms with E-state index in [0.29, 0.717) is 10.6 Å². The first kappa shape index (κ1) is 26.9. The molecule has 0 aliphatic carbocycles. The van der Waals surface area contributed by atoms with Gasteiger partial charge in [-0.05, 0) is 82.2 Å². The van der Waals surface area contributed by atoms with Crippen molar-refractivity contribution in [2.24, 2.45) is 0 Å². The van der Waals surface area contributed by atoms with Gasteiger partial charge in [0, 0.05) is 11.1 Å². The molecule has 0 saturated carbocycles. The highest BCUT2D eigenvalue weighted by Crippen LogP contribution is 2.31. The molecule has 0 unspecified atom stereocenters. The first-order valence-corrected chi connectivity index (χ1v) is 13.4. The maximum atomic E-state index is 13.1. The van der Waals surface area contributed by atoms with Gasteiger partial charge in [-0.25, -0.2) is 9.18 Å². The van der Waals surface area contributed by atoms with E-state index < -0.39 is 17.9 Å². The molecule has 0 radical (unpaired) electrons. The molecule has 202 valence electrons. The second kappa shape index (κ2) is 12.0. The molecule has 8 heteroatoms. The number of amides is 1. The Kier molecular flexibility index (Phi) is 8.07. The molecule has 0 spiro atoms. The van der Waals surface area contributed by atoms with Crippen molar-refractivity contribution in [1.29, 1.82) is 0 Å². The number of carboxylic acid groups (broad SMARTS) is 1. The summed E-state index contributed by atoms with van der Waals surface area (Å²) < 4.78 is 24.9. The Morgan fingerprint density at radius 2 is 1.50 bits per heavy atom. The molecular weight excluding hydrogens is 529 g/mol. The minimum Gasteiger partial charge on any atom is -0.497 e. The molecule has 1 heterocycles. The summed E-state index contributed by atoms with van der Waals surface area (Å²) >= 11 is 1.32. The van der Waals surface area contributed by atoms with Crippen LogP contribution in [0.2, 0.25) is 0 Å². The van der Waals surface area contributed by atoms with Crippen molar-refractivity contribution >= 4 is 33.3 Å². The zero-order valence-corrected chi connectivity index (χ0v) is 22.4. The number of thiophene rings is 1. The summed E-state index contributed by atoms with van der Waals surface area (Å²) in [5.41, 5.74) is 3.60. The number of hydrogen-bond acceptors (Lipinski definition) is 5. The van der Waals surface area contributed by atoms with Crippen LogP contribution in [0.5, 0.6) is 11.5 Å². The Labute approximate surface area is 234 Å². The first-order chi connectivity index (χ1) is 19.4. The van der Waals surface area contributed by atoms with Gasteiger partial charge in [0.05, 0.1) is 12.0 Å². The summed E-state index contributed by atoms with van der Waals surface area (Å²) in [5.74, 6) is -0.479. The second-order valence-corrected chi connectivity index (χ2v) is 10.3. The van der Waals surface area contributed by atoms with Gasteiger partial charge in [-0.2, -0.15) is 0 Å². The highest BCUT2D eigenvalue weighted by Gasteiger charge is 2.22. The molecule has 4 aromatic carbocycles. The third kappa shape index (κ3) is 6.47. The maximum Gasteiger partial charge on any atom is 0.326 e. The summed E-state index contributed by atoms with van der Waals surface area (Å²) in [6, 6.07) is 27.5. The van der Waals surface area contributed by atoms with E-state index in [9.17, 15) is 19.1 Å². The van der Waals surface area contributed by atoms with Gasteiger partial charge in [-0.3, -0.25) is 4.79 Å². The highest BCUT2D eigenvalue weighted by atomic mass is 32.1. The fourth-order valence-electron chi connectivity index (χ4n) is 4.25. The fourth-order valence-corrected chi connectivity index (χ4v) is 5.20. The van der Waals surface area contributed by atoms with Crippen LogP contribution in [-0.4, -0.2) is 30.1 Å². The number of carbonyl (C=O) groups is 2. The van der Waals surface area contributed by atoms with E-state index in [1.54, 1.807) is 49.6 Å². The third-order valence-corrected chi connectivity index (χ3v) is 7.56. The Morgan fingerprint density at radius 1 is 0.850 bits per heavy atom. The lowest BCUT2D eigenvalue weighted by molar-refractivity contribution is -0.139. The number of carbonyl (C=O) groups excluding carboxylic acids is 1. The topological polar surface area (TPSA) is 84.9 Å². The van der Waals surface area contributed by atoms with Gasteiger partial charge in [0.1, 0.15) is 30.0 Å². The lowest BCUT2D eigenvalue weighted by Gasteiger charge is -2.14. The van der Waals surface area contributed by atoms with E-state index in [1.807, 2.05) is 42.5 Å². The van der Waals surface area contributed by atoms with Crippen molar-refractivity contribution in [3.05, 3.63) is 119 Å². The third-order valence-electron chi connectivity index (χ3n) is 6.45. The van der Waals surface area contributed by atoms with Crippen molar-refractivity contribution in [2.45, 2.75) is 19.1 Å². The smallest absolute Gasteiger partial charge is 0.326 e. The molecule has 2 N–H and O–H groups in total.